The summed E-state index contributed by atoms with van der Waals surface area (Å²) in [7, 11) is 0. The van der Waals surface area contributed by atoms with E-state index >= 15 is 0 Å². The number of Topliss-reactive ketones (excluding diaryl/α,β-unsaturated/α-hetero) is 1. The molecule has 0 spiro atoms. The monoisotopic (exact) mass is 424 g/mol. The Labute approximate surface area is 176 Å². The number of aromatic amines is 1. The average molecular weight is 424 g/mol. The van der Waals surface area contributed by atoms with Crippen molar-refractivity contribution in [1.82, 2.24) is 20.4 Å². The number of carbonyl (C=O) groups excluding carboxylic acids is 2. The lowest BCUT2D eigenvalue weighted by molar-refractivity contribution is 0.0910. The van der Waals surface area contributed by atoms with E-state index in [1.165, 1.54) is 30.3 Å². The summed E-state index contributed by atoms with van der Waals surface area (Å²) >= 11 is 0. The lowest BCUT2D eigenvalue weighted by Crippen LogP contribution is -2.35. The first kappa shape index (κ1) is 20.6. The van der Waals surface area contributed by atoms with E-state index < -0.39 is 17.5 Å². The molecule has 3 aromatic rings. The van der Waals surface area contributed by atoms with Crippen molar-refractivity contribution in [2.24, 2.45) is 5.41 Å². The van der Waals surface area contributed by atoms with Crippen LogP contribution in [-0.4, -0.2) is 26.8 Å². The van der Waals surface area contributed by atoms with Gasteiger partial charge in [-0.05, 0) is 49.1 Å². The van der Waals surface area contributed by atoms with Crippen molar-refractivity contribution in [2.75, 3.05) is 0 Å². The minimum Gasteiger partial charge on any atom is -0.340 e. The smallest absolute Gasteiger partial charge is 0.261 e. The molecule has 0 fully saturated rings. The molecule has 2 heterocycles. The molecule has 0 radical (unpaired) electrons. The van der Waals surface area contributed by atoms with E-state index in [4.69, 9.17) is 4.52 Å². The van der Waals surface area contributed by atoms with E-state index in [1.807, 2.05) is 13.8 Å². The number of pyridine rings is 1. The highest BCUT2D eigenvalue weighted by atomic mass is 19.1. The maximum atomic E-state index is 13.1. The van der Waals surface area contributed by atoms with E-state index in [0.717, 1.165) is 0 Å². The first-order valence-corrected chi connectivity index (χ1v) is 9.83. The minimum atomic E-state index is -0.695. The van der Waals surface area contributed by atoms with E-state index in [1.54, 1.807) is 6.92 Å². The van der Waals surface area contributed by atoms with Crippen LogP contribution in [0.2, 0.25) is 0 Å². The van der Waals surface area contributed by atoms with Gasteiger partial charge in [0.15, 0.2) is 5.78 Å². The molecule has 1 aromatic carbocycles. The Balaban J connectivity index is 1.54. The molecule has 160 valence electrons. The summed E-state index contributed by atoms with van der Waals surface area (Å²) in [5.74, 6) is -0.776. The number of amides is 1. The predicted molar refractivity (Wildman–Crippen MR) is 109 cm³/mol. The number of fused-ring (bicyclic) bond motifs is 1. The Kier molecular flexibility index (Phi) is 5.04. The lowest BCUT2D eigenvalue weighted by Gasteiger charge is -2.29. The van der Waals surface area contributed by atoms with Gasteiger partial charge in [0.05, 0.1) is 0 Å². The van der Waals surface area contributed by atoms with Crippen molar-refractivity contribution in [3.05, 3.63) is 69.2 Å². The van der Waals surface area contributed by atoms with Crippen LogP contribution >= 0.6 is 0 Å². The summed E-state index contributed by atoms with van der Waals surface area (Å²) < 4.78 is 18.3. The number of ketones is 1. The van der Waals surface area contributed by atoms with E-state index in [9.17, 15) is 18.8 Å². The van der Waals surface area contributed by atoms with Crippen LogP contribution in [0.3, 0.4) is 0 Å². The molecule has 0 saturated carbocycles. The second-order valence-electron chi connectivity index (χ2n) is 8.50. The Bertz CT molecular complexity index is 1230. The van der Waals surface area contributed by atoms with Crippen LogP contribution in [0.1, 0.15) is 65.5 Å². The first-order chi connectivity index (χ1) is 14.6. The number of nitrogens with zero attached hydrogens (tertiary/aromatic N) is 2. The van der Waals surface area contributed by atoms with Gasteiger partial charge in [0.1, 0.15) is 17.4 Å². The fourth-order valence-corrected chi connectivity index (χ4v) is 3.66. The molecule has 2 N–H and O–H groups in total. The summed E-state index contributed by atoms with van der Waals surface area (Å²) in [6.45, 7) is 5.54. The number of nitrogens with one attached hydrogen (secondary N) is 2. The zero-order valence-electron chi connectivity index (χ0n) is 17.3. The molecule has 2 aromatic heterocycles. The molecule has 1 atom stereocenters. The fraction of sp³-hybridized carbons (Fsp3) is 0.318. The number of aromatic nitrogens is 3. The molecule has 31 heavy (non-hydrogen) atoms. The quantitative estimate of drug-likeness (QED) is 0.664. The molecule has 1 aliphatic carbocycles. The number of hydrogen-bond donors (Lipinski definition) is 2. The zero-order chi connectivity index (χ0) is 22.3. The van der Waals surface area contributed by atoms with Gasteiger partial charge in [-0.2, -0.15) is 4.98 Å². The van der Waals surface area contributed by atoms with E-state index in [0.29, 0.717) is 29.7 Å². The van der Waals surface area contributed by atoms with E-state index in [2.05, 4.69) is 20.4 Å². The standard InChI is InChI=1S/C22H21FN4O4/c1-11(21-26-18(27-31-21)12-4-6-13(23)7-5-12)24-19(29)15-8-14-16(25-20(15)30)9-22(2,3)10-17(14)28/h4-8,11H,9-10H2,1-3H3,(H,24,29)(H,25,30). The SMILES string of the molecule is CC(NC(=O)c1cc2c([nH]c1=O)CC(C)(C)CC2=O)c1nc(-c2ccc(F)cc2)no1. The fourth-order valence-electron chi connectivity index (χ4n) is 3.66. The lowest BCUT2D eigenvalue weighted by atomic mass is 9.75. The van der Waals surface area contributed by atoms with Gasteiger partial charge in [-0.1, -0.05) is 19.0 Å². The normalized spacial score (nSPS) is 15.9. The summed E-state index contributed by atoms with van der Waals surface area (Å²) in [6.07, 6.45) is 0.896. The first-order valence-electron chi connectivity index (χ1n) is 9.83. The largest absolute Gasteiger partial charge is 0.340 e. The third kappa shape index (κ3) is 4.16. The van der Waals surface area contributed by atoms with Crippen molar-refractivity contribution in [2.45, 2.75) is 39.7 Å². The predicted octanol–water partition coefficient (Wildman–Crippen LogP) is 3.21. The maximum Gasteiger partial charge on any atom is 0.261 e. The molecule has 1 unspecified atom stereocenters. The summed E-state index contributed by atoms with van der Waals surface area (Å²) in [5.41, 5.74) is 0.515. The summed E-state index contributed by atoms with van der Waals surface area (Å²) in [6, 6.07) is 6.24. The van der Waals surface area contributed by atoms with Gasteiger partial charge in [0, 0.05) is 23.2 Å². The summed E-state index contributed by atoms with van der Waals surface area (Å²) in [5, 5.41) is 6.48. The Morgan fingerprint density at radius 2 is 1.94 bits per heavy atom. The van der Waals surface area contributed by atoms with Crippen LogP contribution in [0, 0.1) is 11.2 Å². The highest BCUT2D eigenvalue weighted by Crippen LogP contribution is 2.33. The molecule has 4 rings (SSSR count). The average Bonchev–Trinajstić information content (AvgIpc) is 3.17. The Morgan fingerprint density at radius 1 is 1.23 bits per heavy atom. The molecule has 1 amide bonds. The van der Waals surface area contributed by atoms with Gasteiger partial charge >= 0.3 is 0 Å². The van der Waals surface area contributed by atoms with Gasteiger partial charge in [-0.15, -0.1) is 0 Å². The van der Waals surface area contributed by atoms with E-state index in [-0.39, 0.29) is 34.3 Å². The number of H-pyrrole nitrogens is 1. The highest BCUT2D eigenvalue weighted by molar-refractivity contribution is 6.02. The van der Waals surface area contributed by atoms with Gasteiger partial charge in [-0.25, -0.2) is 4.39 Å². The van der Waals surface area contributed by atoms with Crippen molar-refractivity contribution >= 4 is 11.7 Å². The molecule has 0 aliphatic heterocycles. The molecule has 9 heteroatoms. The molecule has 8 nitrogen and oxygen atoms in total. The Hall–Kier alpha value is -3.62. The van der Waals surface area contributed by atoms with Crippen LogP contribution in [0.5, 0.6) is 0 Å². The van der Waals surface area contributed by atoms with Gasteiger partial charge in [-0.3, -0.25) is 14.4 Å². The second kappa shape index (κ2) is 7.57. The summed E-state index contributed by atoms with van der Waals surface area (Å²) in [4.78, 5) is 44.6. The van der Waals surface area contributed by atoms with Gasteiger partial charge in [0.2, 0.25) is 11.7 Å². The molecular formula is C22H21FN4O4. The maximum absolute atomic E-state index is 13.1. The number of benzene rings is 1. The topological polar surface area (TPSA) is 118 Å². The second-order valence-corrected chi connectivity index (χ2v) is 8.50. The minimum absolute atomic E-state index is 0.106. The molecular weight excluding hydrogens is 403 g/mol. The third-order valence-corrected chi connectivity index (χ3v) is 5.22. The van der Waals surface area contributed by atoms with Crippen LogP contribution in [0.25, 0.3) is 11.4 Å². The van der Waals surface area contributed by atoms with Crippen molar-refractivity contribution in [1.29, 1.82) is 0 Å². The van der Waals surface area contributed by atoms with Crippen LogP contribution in [0.4, 0.5) is 4.39 Å². The van der Waals surface area contributed by atoms with Crippen molar-refractivity contribution in [3.63, 3.8) is 0 Å². The number of halogens is 1. The number of hydrogen-bond acceptors (Lipinski definition) is 6. The van der Waals surface area contributed by atoms with Crippen molar-refractivity contribution in [3.8, 4) is 11.4 Å². The molecule has 0 bridgehead atoms. The highest BCUT2D eigenvalue weighted by Gasteiger charge is 2.33. The van der Waals surface area contributed by atoms with Crippen LogP contribution < -0.4 is 10.9 Å². The van der Waals surface area contributed by atoms with Crippen molar-refractivity contribution < 1.29 is 18.5 Å². The third-order valence-electron chi connectivity index (χ3n) is 5.22. The van der Waals surface area contributed by atoms with Crippen LogP contribution in [0.15, 0.2) is 39.6 Å². The molecule has 0 saturated heterocycles. The van der Waals surface area contributed by atoms with Gasteiger partial charge in [0.25, 0.3) is 11.5 Å². The van der Waals surface area contributed by atoms with Gasteiger partial charge < -0.3 is 14.8 Å². The van der Waals surface area contributed by atoms with Crippen LogP contribution in [-0.2, 0) is 6.42 Å². The number of carbonyl (C=O) groups is 2. The zero-order valence-corrected chi connectivity index (χ0v) is 17.3. The Morgan fingerprint density at radius 3 is 2.65 bits per heavy atom. The number of rotatable bonds is 4. The molecule has 1 aliphatic rings.